The summed E-state index contributed by atoms with van der Waals surface area (Å²) < 4.78 is 1.56. The first-order valence-corrected chi connectivity index (χ1v) is 3.83. The lowest BCUT2D eigenvalue weighted by atomic mass is 10.3. The smallest absolute Gasteiger partial charge is 0.256 e. The van der Waals surface area contributed by atoms with Crippen LogP contribution in [-0.4, -0.2) is 27.6 Å². The number of carbonyl (C=O) groups is 1. The van der Waals surface area contributed by atoms with Gasteiger partial charge in [-0.3, -0.25) is 4.79 Å². The van der Waals surface area contributed by atoms with E-state index in [2.05, 4.69) is 15.4 Å². The normalized spacial score (nSPS) is 10.2. The van der Waals surface area contributed by atoms with Crippen LogP contribution in [-0.2, 0) is 0 Å². The Morgan fingerprint density at radius 1 is 1.62 bits per heavy atom. The number of rotatable bonds is 1. The number of amides is 1. The number of hydrogen-bond donors (Lipinski definition) is 1. The molecule has 13 heavy (non-hydrogen) atoms. The second-order valence-corrected chi connectivity index (χ2v) is 2.53. The lowest BCUT2D eigenvalue weighted by Crippen LogP contribution is -2.17. The Morgan fingerprint density at radius 3 is 3.23 bits per heavy atom. The van der Waals surface area contributed by atoms with Crippen LogP contribution in [0.25, 0.3) is 5.65 Å². The SMILES string of the molecule is CNC(=O)c1cnn2cccnc12. The minimum Gasteiger partial charge on any atom is -0.355 e. The van der Waals surface area contributed by atoms with Gasteiger partial charge in [0.2, 0.25) is 0 Å². The van der Waals surface area contributed by atoms with Crippen molar-refractivity contribution in [2.45, 2.75) is 0 Å². The lowest BCUT2D eigenvalue weighted by molar-refractivity contribution is 0.0964. The molecule has 0 aliphatic heterocycles. The van der Waals surface area contributed by atoms with Gasteiger partial charge in [0.25, 0.3) is 5.91 Å². The first-order valence-electron chi connectivity index (χ1n) is 3.83. The lowest BCUT2D eigenvalue weighted by Gasteiger charge is -1.94. The highest BCUT2D eigenvalue weighted by atomic mass is 16.1. The van der Waals surface area contributed by atoms with Crippen LogP contribution in [0, 0.1) is 0 Å². The summed E-state index contributed by atoms with van der Waals surface area (Å²) >= 11 is 0. The highest BCUT2D eigenvalue weighted by Crippen LogP contribution is 2.05. The average Bonchev–Trinajstić information content (AvgIpc) is 2.60. The average molecular weight is 176 g/mol. The standard InChI is InChI=1S/C8H8N4O/c1-9-8(13)6-5-11-12-4-2-3-10-7(6)12/h2-5H,1H3,(H,9,13). The van der Waals surface area contributed by atoms with Gasteiger partial charge in [0, 0.05) is 19.4 Å². The molecule has 0 aliphatic carbocycles. The Morgan fingerprint density at radius 2 is 2.46 bits per heavy atom. The van der Waals surface area contributed by atoms with Crippen molar-refractivity contribution in [3.05, 3.63) is 30.2 Å². The molecule has 2 heterocycles. The largest absolute Gasteiger partial charge is 0.355 e. The van der Waals surface area contributed by atoms with Gasteiger partial charge in [0.05, 0.1) is 6.20 Å². The molecule has 0 spiro atoms. The number of nitrogens with one attached hydrogen (secondary N) is 1. The van der Waals surface area contributed by atoms with E-state index in [4.69, 9.17) is 0 Å². The Balaban J connectivity index is 2.64. The van der Waals surface area contributed by atoms with Crippen molar-refractivity contribution in [2.75, 3.05) is 7.05 Å². The zero-order valence-electron chi connectivity index (χ0n) is 7.06. The van der Waals surface area contributed by atoms with E-state index in [0.717, 1.165) is 0 Å². The molecule has 0 atom stereocenters. The number of nitrogens with zero attached hydrogens (tertiary/aromatic N) is 3. The predicted octanol–water partition coefficient (Wildman–Crippen LogP) is 0.0889. The molecule has 5 nitrogen and oxygen atoms in total. The van der Waals surface area contributed by atoms with Gasteiger partial charge in [-0.1, -0.05) is 0 Å². The first kappa shape index (κ1) is 7.72. The van der Waals surface area contributed by atoms with Crippen molar-refractivity contribution in [3.8, 4) is 0 Å². The quantitative estimate of drug-likeness (QED) is 0.669. The maximum atomic E-state index is 11.3. The highest BCUT2D eigenvalue weighted by Gasteiger charge is 2.10. The summed E-state index contributed by atoms with van der Waals surface area (Å²) in [5.41, 5.74) is 1.06. The van der Waals surface area contributed by atoms with Crippen molar-refractivity contribution in [1.82, 2.24) is 19.9 Å². The summed E-state index contributed by atoms with van der Waals surface area (Å²) in [6, 6.07) is 1.76. The third-order valence-electron chi connectivity index (χ3n) is 1.75. The third-order valence-corrected chi connectivity index (χ3v) is 1.75. The molecule has 0 fully saturated rings. The molecule has 2 aromatic heterocycles. The van der Waals surface area contributed by atoms with Crippen LogP contribution in [0.2, 0.25) is 0 Å². The summed E-state index contributed by atoms with van der Waals surface area (Å²) in [5.74, 6) is -0.172. The fourth-order valence-corrected chi connectivity index (χ4v) is 1.12. The molecule has 2 aromatic rings. The Bertz CT molecular complexity index is 448. The molecule has 0 unspecified atom stereocenters. The van der Waals surface area contributed by atoms with Gasteiger partial charge < -0.3 is 5.32 Å². The van der Waals surface area contributed by atoms with Crippen molar-refractivity contribution < 1.29 is 4.79 Å². The van der Waals surface area contributed by atoms with Gasteiger partial charge in [-0.05, 0) is 6.07 Å². The third kappa shape index (κ3) is 1.14. The van der Waals surface area contributed by atoms with Crippen molar-refractivity contribution in [3.63, 3.8) is 0 Å². The van der Waals surface area contributed by atoms with E-state index >= 15 is 0 Å². The van der Waals surface area contributed by atoms with E-state index in [0.29, 0.717) is 11.2 Å². The van der Waals surface area contributed by atoms with Crippen LogP contribution < -0.4 is 5.32 Å². The van der Waals surface area contributed by atoms with Gasteiger partial charge in [0.1, 0.15) is 5.56 Å². The Labute approximate surface area is 74.4 Å². The second-order valence-electron chi connectivity index (χ2n) is 2.53. The van der Waals surface area contributed by atoms with E-state index in [1.807, 2.05) is 0 Å². The Hall–Kier alpha value is -1.91. The van der Waals surface area contributed by atoms with Gasteiger partial charge in [0.15, 0.2) is 5.65 Å². The van der Waals surface area contributed by atoms with Crippen molar-refractivity contribution in [1.29, 1.82) is 0 Å². The minimum absolute atomic E-state index is 0.172. The fourth-order valence-electron chi connectivity index (χ4n) is 1.12. The molecule has 0 bridgehead atoms. The molecule has 2 rings (SSSR count). The molecule has 66 valence electrons. The number of hydrogen-bond acceptors (Lipinski definition) is 3. The maximum absolute atomic E-state index is 11.3. The number of fused-ring (bicyclic) bond motifs is 1. The summed E-state index contributed by atoms with van der Waals surface area (Å²) in [5, 5.41) is 6.51. The van der Waals surface area contributed by atoms with Crippen LogP contribution in [0.15, 0.2) is 24.7 Å². The zero-order chi connectivity index (χ0) is 9.26. The van der Waals surface area contributed by atoms with Crippen molar-refractivity contribution in [2.24, 2.45) is 0 Å². The van der Waals surface area contributed by atoms with Gasteiger partial charge >= 0.3 is 0 Å². The molecule has 5 heteroatoms. The fraction of sp³-hybridized carbons (Fsp3) is 0.125. The molecule has 1 amide bonds. The molecule has 0 radical (unpaired) electrons. The molecule has 0 aromatic carbocycles. The van der Waals surface area contributed by atoms with Gasteiger partial charge in [-0.2, -0.15) is 5.10 Å². The topological polar surface area (TPSA) is 59.3 Å². The van der Waals surface area contributed by atoms with Crippen LogP contribution >= 0.6 is 0 Å². The molecule has 0 saturated carbocycles. The summed E-state index contributed by atoms with van der Waals surface area (Å²) in [7, 11) is 1.58. The highest BCUT2D eigenvalue weighted by molar-refractivity contribution is 5.99. The van der Waals surface area contributed by atoms with E-state index in [1.54, 1.807) is 30.0 Å². The molecule has 1 N–H and O–H groups in total. The van der Waals surface area contributed by atoms with E-state index < -0.39 is 0 Å². The maximum Gasteiger partial charge on any atom is 0.256 e. The number of carbonyl (C=O) groups excluding carboxylic acids is 1. The Kier molecular flexibility index (Phi) is 1.70. The van der Waals surface area contributed by atoms with Crippen molar-refractivity contribution >= 4 is 11.6 Å². The van der Waals surface area contributed by atoms with Crippen LogP contribution in [0.1, 0.15) is 10.4 Å². The summed E-state index contributed by atoms with van der Waals surface area (Å²) in [6.07, 6.45) is 4.87. The summed E-state index contributed by atoms with van der Waals surface area (Å²) in [6.45, 7) is 0. The van der Waals surface area contributed by atoms with Crippen LogP contribution in [0.4, 0.5) is 0 Å². The first-order chi connectivity index (χ1) is 6.33. The minimum atomic E-state index is -0.172. The van der Waals surface area contributed by atoms with E-state index in [9.17, 15) is 4.79 Å². The van der Waals surface area contributed by atoms with Gasteiger partial charge in [-0.15, -0.1) is 0 Å². The van der Waals surface area contributed by atoms with Gasteiger partial charge in [-0.25, -0.2) is 9.50 Å². The van der Waals surface area contributed by atoms with Crippen LogP contribution in [0.5, 0.6) is 0 Å². The molecule has 0 saturated heterocycles. The monoisotopic (exact) mass is 176 g/mol. The zero-order valence-corrected chi connectivity index (χ0v) is 7.06. The second kappa shape index (κ2) is 2.85. The molecule has 0 aliphatic rings. The predicted molar refractivity (Wildman–Crippen MR) is 46.4 cm³/mol. The molecular weight excluding hydrogens is 168 g/mol. The van der Waals surface area contributed by atoms with E-state index in [-0.39, 0.29) is 5.91 Å². The van der Waals surface area contributed by atoms with E-state index in [1.165, 1.54) is 6.20 Å². The summed E-state index contributed by atoms with van der Waals surface area (Å²) in [4.78, 5) is 15.3. The number of aromatic nitrogens is 3. The molecular formula is C8H8N4O. The van der Waals surface area contributed by atoms with Crippen LogP contribution in [0.3, 0.4) is 0 Å².